The van der Waals surface area contributed by atoms with Gasteiger partial charge in [0.1, 0.15) is 17.8 Å². The minimum Gasteiger partial charge on any atom is -0.370 e. The molecule has 0 fully saturated rings. The normalized spacial score (nSPS) is 10.2. The number of amides is 1. The van der Waals surface area contributed by atoms with Gasteiger partial charge in [-0.1, -0.05) is 31.5 Å². The summed E-state index contributed by atoms with van der Waals surface area (Å²) in [4.78, 5) is 22.2. The van der Waals surface area contributed by atoms with Crippen molar-refractivity contribution in [1.82, 2.24) is 9.97 Å². The van der Waals surface area contributed by atoms with Crippen molar-refractivity contribution in [2.75, 3.05) is 23.8 Å². The summed E-state index contributed by atoms with van der Waals surface area (Å²) in [6, 6.07) is 11.2. The largest absolute Gasteiger partial charge is 0.370 e. The number of nitrogens with one attached hydrogen (secondary N) is 1. The standard InChI is InChI=1S/C16H20N4O/c1-3-4-10-17-15-11-14(18-12-19-15)16(21)20(2)13-8-6-5-7-9-13/h5-9,11-12H,3-4,10H2,1-2H3,(H,17,18,19). The van der Waals surface area contributed by atoms with Crippen molar-refractivity contribution < 1.29 is 4.79 Å². The van der Waals surface area contributed by atoms with Gasteiger partial charge >= 0.3 is 0 Å². The van der Waals surface area contributed by atoms with Crippen LogP contribution >= 0.6 is 0 Å². The van der Waals surface area contributed by atoms with Crippen molar-refractivity contribution in [3.63, 3.8) is 0 Å². The molecule has 5 heteroatoms. The van der Waals surface area contributed by atoms with Crippen LogP contribution in [-0.2, 0) is 0 Å². The molecule has 1 N–H and O–H groups in total. The molecule has 0 spiro atoms. The first-order chi connectivity index (χ1) is 10.2. The molecule has 1 amide bonds. The molecular formula is C16H20N4O. The third kappa shape index (κ3) is 4.02. The molecule has 1 heterocycles. The number of benzene rings is 1. The van der Waals surface area contributed by atoms with E-state index in [0.29, 0.717) is 11.5 Å². The molecular weight excluding hydrogens is 264 g/mol. The van der Waals surface area contributed by atoms with Crippen LogP contribution in [0.1, 0.15) is 30.3 Å². The maximum atomic E-state index is 12.4. The second-order valence-electron chi connectivity index (χ2n) is 4.77. The lowest BCUT2D eigenvalue weighted by Gasteiger charge is -2.16. The molecule has 0 unspecified atom stereocenters. The highest BCUT2D eigenvalue weighted by molar-refractivity contribution is 6.04. The van der Waals surface area contributed by atoms with Gasteiger partial charge in [-0.25, -0.2) is 9.97 Å². The number of carbonyl (C=O) groups is 1. The minimum absolute atomic E-state index is 0.151. The molecule has 0 aliphatic heterocycles. The highest BCUT2D eigenvalue weighted by Crippen LogP contribution is 2.14. The van der Waals surface area contributed by atoms with E-state index in [4.69, 9.17) is 0 Å². The number of hydrogen-bond donors (Lipinski definition) is 1. The van der Waals surface area contributed by atoms with Gasteiger partial charge in [-0.15, -0.1) is 0 Å². The fraction of sp³-hybridized carbons (Fsp3) is 0.312. The van der Waals surface area contributed by atoms with Crippen molar-refractivity contribution in [1.29, 1.82) is 0 Å². The first-order valence-corrected chi connectivity index (χ1v) is 7.11. The van der Waals surface area contributed by atoms with Crippen LogP contribution in [0.3, 0.4) is 0 Å². The van der Waals surface area contributed by atoms with Crippen molar-refractivity contribution >= 4 is 17.4 Å². The lowest BCUT2D eigenvalue weighted by Crippen LogP contribution is -2.27. The molecule has 2 aromatic rings. The van der Waals surface area contributed by atoms with Crippen LogP contribution in [-0.4, -0.2) is 29.5 Å². The summed E-state index contributed by atoms with van der Waals surface area (Å²) in [7, 11) is 1.74. The van der Waals surface area contributed by atoms with Crippen LogP contribution in [0.15, 0.2) is 42.7 Å². The summed E-state index contributed by atoms with van der Waals surface area (Å²) in [5, 5.41) is 3.20. The molecule has 2 rings (SSSR count). The maximum Gasteiger partial charge on any atom is 0.276 e. The van der Waals surface area contributed by atoms with E-state index in [1.165, 1.54) is 6.33 Å². The topological polar surface area (TPSA) is 58.1 Å². The second-order valence-corrected chi connectivity index (χ2v) is 4.77. The third-order valence-electron chi connectivity index (χ3n) is 3.17. The van der Waals surface area contributed by atoms with Crippen molar-refractivity contribution in [2.24, 2.45) is 0 Å². The van der Waals surface area contributed by atoms with E-state index in [-0.39, 0.29) is 5.91 Å². The molecule has 1 aromatic carbocycles. The van der Waals surface area contributed by atoms with Crippen LogP contribution < -0.4 is 10.2 Å². The lowest BCUT2D eigenvalue weighted by atomic mass is 10.2. The highest BCUT2D eigenvalue weighted by Gasteiger charge is 2.15. The Morgan fingerprint density at radius 2 is 2.00 bits per heavy atom. The number of hydrogen-bond acceptors (Lipinski definition) is 4. The number of rotatable bonds is 6. The maximum absolute atomic E-state index is 12.4. The summed E-state index contributed by atoms with van der Waals surface area (Å²) < 4.78 is 0. The van der Waals surface area contributed by atoms with E-state index in [1.807, 2.05) is 30.3 Å². The lowest BCUT2D eigenvalue weighted by molar-refractivity contribution is 0.0988. The van der Waals surface area contributed by atoms with Gasteiger partial charge in [0.2, 0.25) is 0 Å². The number of unbranched alkanes of at least 4 members (excludes halogenated alkanes) is 1. The summed E-state index contributed by atoms with van der Waals surface area (Å²) in [5.41, 5.74) is 1.22. The van der Waals surface area contributed by atoms with Gasteiger partial charge in [-0.2, -0.15) is 0 Å². The Bertz CT molecular complexity index is 586. The van der Waals surface area contributed by atoms with Crippen LogP contribution in [0.4, 0.5) is 11.5 Å². The van der Waals surface area contributed by atoms with E-state index in [2.05, 4.69) is 22.2 Å². The Kier molecular flexibility index (Phi) is 5.26. The molecule has 0 bridgehead atoms. The molecule has 0 radical (unpaired) electrons. The zero-order chi connectivity index (χ0) is 15.1. The minimum atomic E-state index is -0.151. The molecule has 0 aliphatic carbocycles. The van der Waals surface area contributed by atoms with E-state index in [0.717, 1.165) is 25.1 Å². The number of nitrogens with zero attached hydrogens (tertiary/aromatic N) is 3. The predicted octanol–water partition coefficient (Wildman–Crippen LogP) is 2.97. The van der Waals surface area contributed by atoms with Gasteiger partial charge in [0, 0.05) is 25.3 Å². The van der Waals surface area contributed by atoms with E-state index < -0.39 is 0 Å². The SMILES string of the molecule is CCCCNc1cc(C(=O)N(C)c2ccccc2)ncn1. The third-order valence-corrected chi connectivity index (χ3v) is 3.17. The highest BCUT2D eigenvalue weighted by atomic mass is 16.2. The average molecular weight is 284 g/mol. The van der Waals surface area contributed by atoms with Gasteiger partial charge in [0.25, 0.3) is 5.91 Å². The summed E-state index contributed by atoms with van der Waals surface area (Å²) in [5.74, 6) is 0.533. The number of anilines is 2. The molecule has 5 nitrogen and oxygen atoms in total. The Morgan fingerprint density at radius 3 is 2.71 bits per heavy atom. The number of aromatic nitrogens is 2. The quantitative estimate of drug-likeness (QED) is 0.829. The van der Waals surface area contributed by atoms with E-state index in [9.17, 15) is 4.79 Å². The van der Waals surface area contributed by atoms with Crippen LogP contribution in [0.25, 0.3) is 0 Å². The van der Waals surface area contributed by atoms with Gasteiger partial charge in [0.05, 0.1) is 0 Å². The molecule has 21 heavy (non-hydrogen) atoms. The number of carbonyl (C=O) groups excluding carboxylic acids is 1. The van der Waals surface area contributed by atoms with E-state index in [1.54, 1.807) is 18.0 Å². The second kappa shape index (κ2) is 7.38. The molecule has 1 aromatic heterocycles. The molecule has 0 saturated carbocycles. The molecule has 0 saturated heterocycles. The van der Waals surface area contributed by atoms with Crippen LogP contribution in [0, 0.1) is 0 Å². The Hall–Kier alpha value is -2.43. The zero-order valence-electron chi connectivity index (χ0n) is 12.4. The first kappa shape index (κ1) is 15.0. The fourth-order valence-corrected chi connectivity index (χ4v) is 1.90. The smallest absolute Gasteiger partial charge is 0.276 e. The van der Waals surface area contributed by atoms with Crippen molar-refractivity contribution in [2.45, 2.75) is 19.8 Å². The predicted molar refractivity (Wildman–Crippen MR) is 84.6 cm³/mol. The monoisotopic (exact) mass is 284 g/mol. The molecule has 110 valence electrons. The van der Waals surface area contributed by atoms with Crippen LogP contribution in [0.5, 0.6) is 0 Å². The molecule has 0 aliphatic rings. The summed E-state index contributed by atoms with van der Waals surface area (Å²) >= 11 is 0. The van der Waals surface area contributed by atoms with Gasteiger partial charge in [0.15, 0.2) is 0 Å². The average Bonchev–Trinajstić information content (AvgIpc) is 2.55. The molecule has 0 atom stereocenters. The van der Waals surface area contributed by atoms with Gasteiger partial charge < -0.3 is 10.2 Å². The van der Waals surface area contributed by atoms with Crippen molar-refractivity contribution in [3.8, 4) is 0 Å². The van der Waals surface area contributed by atoms with E-state index >= 15 is 0 Å². The summed E-state index contributed by atoms with van der Waals surface area (Å²) in [6.07, 6.45) is 3.60. The zero-order valence-corrected chi connectivity index (χ0v) is 12.4. The van der Waals surface area contributed by atoms with Gasteiger partial charge in [-0.05, 0) is 18.6 Å². The first-order valence-electron chi connectivity index (χ1n) is 7.11. The van der Waals surface area contributed by atoms with Crippen molar-refractivity contribution in [3.05, 3.63) is 48.4 Å². The summed E-state index contributed by atoms with van der Waals surface area (Å²) in [6.45, 7) is 2.97. The Balaban J connectivity index is 2.10. The Morgan fingerprint density at radius 1 is 1.24 bits per heavy atom. The Labute approximate surface area is 125 Å². The number of para-hydroxylation sites is 1. The fourth-order valence-electron chi connectivity index (χ4n) is 1.90. The van der Waals surface area contributed by atoms with Gasteiger partial charge in [-0.3, -0.25) is 4.79 Å². The van der Waals surface area contributed by atoms with Crippen LogP contribution in [0.2, 0.25) is 0 Å².